The summed E-state index contributed by atoms with van der Waals surface area (Å²) in [7, 11) is 0. The summed E-state index contributed by atoms with van der Waals surface area (Å²) >= 11 is 0. The minimum absolute atomic E-state index is 0.259. The lowest BCUT2D eigenvalue weighted by Gasteiger charge is -2.19. The van der Waals surface area contributed by atoms with Gasteiger partial charge in [0, 0.05) is 12.1 Å². The summed E-state index contributed by atoms with van der Waals surface area (Å²) in [5, 5.41) is 13.8. The summed E-state index contributed by atoms with van der Waals surface area (Å²) < 4.78 is 12.8. The third kappa shape index (κ3) is 4.80. The predicted molar refractivity (Wildman–Crippen MR) is 83.0 cm³/mol. The van der Waals surface area contributed by atoms with E-state index in [1.54, 1.807) is 24.3 Å². The van der Waals surface area contributed by atoms with Crippen molar-refractivity contribution in [3.05, 3.63) is 53.5 Å². The number of hydrogen-bond donors (Lipinski definition) is 2. The van der Waals surface area contributed by atoms with Crippen molar-refractivity contribution in [1.29, 1.82) is 0 Å². The maximum atomic E-state index is 12.8. The van der Waals surface area contributed by atoms with Crippen LogP contribution >= 0.6 is 0 Å². The number of rotatable bonds is 4. The van der Waals surface area contributed by atoms with Crippen LogP contribution in [-0.2, 0) is 6.54 Å². The standard InChI is InChI=1S/C16H19FN4O/c1-16(2,3)19-15(22)13-8-9-14(21-20-13)18-10-11-4-6-12(17)7-5-11/h4-9H,10H2,1-3H3,(H,18,21)(H,19,22). The maximum Gasteiger partial charge on any atom is 0.272 e. The number of amides is 1. The van der Waals surface area contributed by atoms with Gasteiger partial charge in [-0.3, -0.25) is 4.79 Å². The Morgan fingerprint density at radius 1 is 1.09 bits per heavy atom. The van der Waals surface area contributed by atoms with E-state index in [1.807, 2.05) is 20.8 Å². The summed E-state index contributed by atoms with van der Waals surface area (Å²) in [6.07, 6.45) is 0. The molecule has 5 nitrogen and oxygen atoms in total. The molecule has 1 aromatic heterocycles. The Balaban J connectivity index is 1.94. The molecule has 0 aliphatic heterocycles. The highest BCUT2D eigenvalue weighted by atomic mass is 19.1. The number of anilines is 1. The van der Waals surface area contributed by atoms with Crippen molar-refractivity contribution in [2.45, 2.75) is 32.9 Å². The first-order valence-electron chi connectivity index (χ1n) is 6.98. The molecule has 2 aromatic rings. The van der Waals surface area contributed by atoms with Gasteiger partial charge in [-0.1, -0.05) is 12.1 Å². The Bertz CT molecular complexity index is 633. The van der Waals surface area contributed by atoms with Crippen molar-refractivity contribution >= 4 is 11.7 Å². The van der Waals surface area contributed by atoms with Crippen LogP contribution < -0.4 is 10.6 Å². The SMILES string of the molecule is CC(C)(C)NC(=O)c1ccc(NCc2ccc(F)cc2)nn1. The van der Waals surface area contributed by atoms with E-state index in [-0.39, 0.29) is 23.0 Å². The fourth-order valence-corrected chi connectivity index (χ4v) is 1.75. The number of hydrogen-bond acceptors (Lipinski definition) is 4. The minimum atomic E-state index is -0.321. The molecule has 0 spiro atoms. The van der Waals surface area contributed by atoms with Crippen LogP contribution in [0.4, 0.5) is 10.2 Å². The average Bonchev–Trinajstić information content (AvgIpc) is 2.45. The highest BCUT2D eigenvalue weighted by Crippen LogP contribution is 2.08. The van der Waals surface area contributed by atoms with Crippen molar-refractivity contribution in [1.82, 2.24) is 15.5 Å². The summed E-state index contributed by atoms with van der Waals surface area (Å²) in [6, 6.07) is 9.50. The Kier molecular flexibility index (Phi) is 4.70. The summed E-state index contributed by atoms with van der Waals surface area (Å²) in [6.45, 7) is 6.20. The lowest BCUT2D eigenvalue weighted by atomic mass is 10.1. The lowest BCUT2D eigenvalue weighted by molar-refractivity contribution is 0.0913. The number of benzene rings is 1. The zero-order chi connectivity index (χ0) is 16.2. The number of carbonyl (C=O) groups excluding carboxylic acids is 1. The Morgan fingerprint density at radius 2 is 1.77 bits per heavy atom. The normalized spacial score (nSPS) is 11.1. The molecule has 1 amide bonds. The van der Waals surface area contributed by atoms with Gasteiger partial charge in [0.15, 0.2) is 5.69 Å². The van der Waals surface area contributed by atoms with Crippen LogP contribution in [0.3, 0.4) is 0 Å². The number of carbonyl (C=O) groups is 1. The van der Waals surface area contributed by atoms with E-state index < -0.39 is 0 Å². The molecule has 0 fully saturated rings. The van der Waals surface area contributed by atoms with Crippen molar-refractivity contribution in [2.75, 3.05) is 5.32 Å². The zero-order valence-corrected chi connectivity index (χ0v) is 12.9. The van der Waals surface area contributed by atoms with Crippen molar-refractivity contribution < 1.29 is 9.18 Å². The van der Waals surface area contributed by atoms with Gasteiger partial charge in [0.1, 0.15) is 11.6 Å². The molecule has 0 radical (unpaired) electrons. The largest absolute Gasteiger partial charge is 0.365 e. The van der Waals surface area contributed by atoms with E-state index >= 15 is 0 Å². The van der Waals surface area contributed by atoms with Gasteiger partial charge in [-0.15, -0.1) is 10.2 Å². The highest BCUT2D eigenvalue weighted by Gasteiger charge is 2.16. The van der Waals surface area contributed by atoms with Gasteiger partial charge >= 0.3 is 0 Å². The summed E-state index contributed by atoms with van der Waals surface area (Å²) in [4.78, 5) is 11.9. The topological polar surface area (TPSA) is 66.9 Å². The van der Waals surface area contributed by atoms with Gasteiger partial charge in [0.25, 0.3) is 5.91 Å². The molecule has 0 bridgehead atoms. The molecule has 116 valence electrons. The fourth-order valence-electron chi connectivity index (χ4n) is 1.75. The third-order valence-electron chi connectivity index (χ3n) is 2.77. The predicted octanol–water partition coefficient (Wildman–Crippen LogP) is 2.76. The fraction of sp³-hybridized carbons (Fsp3) is 0.312. The molecule has 1 aromatic carbocycles. The van der Waals surface area contributed by atoms with E-state index in [4.69, 9.17) is 0 Å². The van der Waals surface area contributed by atoms with E-state index in [9.17, 15) is 9.18 Å². The molecular weight excluding hydrogens is 283 g/mol. The number of halogens is 1. The van der Waals surface area contributed by atoms with Crippen LogP contribution in [0.5, 0.6) is 0 Å². The molecule has 0 aliphatic rings. The number of aromatic nitrogens is 2. The summed E-state index contributed by atoms with van der Waals surface area (Å²) in [5.74, 6) is 0.0273. The molecule has 1 heterocycles. The Labute approximate surface area is 129 Å². The first-order valence-corrected chi connectivity index (χ1v) is 6.98. The van der Waals surface area contributed by atoms with E-state index in [1.165, 1.54) is 12.1 Å². The molecule has 0 atom stereocenters. The van der Waals surface area contributed by atoms with Gasteiger partial charge in [-0.2, -0.15) is 0 Å². The molecule has 2 rings (SSSR count). The molecule has 0 unspecified atom stereocenters. The molecule has 6 heteroatoms. The average molecular weight is 302 g/mol. The highest BCUT2D eigenvalue weighted by molar-refractivity contribution is 5.92. The van der Waals surface area contributed by atoms with Gasteiger partial charge < -0.3 is 10.6 Å². The monoisotopic (exact) mass is 302 g/mol. The van der Waals surface area contributed by atoms with Gasteiger partial charge in [0.2, 0.25) is 0 Å². The zero-order valence-electron chi connectivity index (χ0n) is 12.9. The minimum Gasteiger partial charge on any atom is -0.365 e. The van der Waals surface area contributed by atoms with Gasteiger partial charge in [-0.05, 0) is 50.6 Å². The van der Waals surface area contributed by atoms with Crippen LogP contribution in [0.25, 0.3) is 0 Å². The number of nitrogens with zero attached hydrogens (tertiary/aromatic N) is 2. The van der Waals surface area contributed by atoms with Crippen LogP contribution in [0.1, 0.15) is 36.8 Å². The van der Waals surface area contributed by atoms with Crippen molar-refractivity contribution in [3.63, 3.8) is 0 Å². The lowest BCUT2D eigenvalue weighted by Crippen LogP contribution is -2.41. The molecule has 2 N–H and O–H groups in total. The molecule has 22 heavy (non-hydrogen) atoms. The first kappa shape index (κ1) is 15.9. The van der Waals surface area contributed by atoms with Crippen LogP contribution in [-0.4, -0.2) is 21.6 Å². The van der Waals surface area contributed by atoms with Crippen molar-refractivity contribution in [3.8, 4) is 0 Å². The maximum absolute atomic E-state index is 12.8. The van der Waals surface area contributed by atoms with Gasteiger partial charge in [-0.25, -0.2) is 4.39 Å². The quantitative estimate of drug-likeness (QED) is 0.911. The van der Waals surface area contributed by atoms with Crippen LogP contribution in [0, 0.1) is 5.82 Å². The second kappa shape index (κ2) is 6.51. The Morgan fingerprint density at radius 3 is 2.32 bits per heavy atom. The second-order valence-electron chi connectivity index (χ2n) is 5.99. The van der Waals surface area contributed by atoms with Gasteiger partial charge in [0.05, 0.1) is 0 Å². The molecule has 0 saturated carbocycles. The van der Waals surface area contributed by atoms with E-state index in [2.05, 4.69) is 20.8 Å². The third-order valence-corrected chi connectivity index (χ3v) is 2.77. The number of nitrogens with one attached hydrogen (secondary N) is 2. The molecule has 0 saturated heterocycles. The smallest absolute Gasteiger partial charge is 0.272 e. The van der Waals surface area contributed by atoms with Crippen molar-refractivity contribution in [2.24, 2.45) is 0 Å². The molecular formula is C16H19FN4O. The van der Waals surface area contributed by atoms with E-state index in [0.29, 0.717) is 12.4 Å². The van der Waals surface area contributed by atoms with E-state index in [0.717, 1.165) is 5.56 Å². The summed E-state index contributed by atoms with van der Waals surface area (Å²) in [5.41, 5.74) is 0.873. The Hall–Kier alpha value is -2.50. The first-order chi connectivity index (χ1) is 10.3. The second-order valence-corrected chi connectivity index (χ2v) is 5.99. The molecule has 0 aliphatic carbocycles. The van der Waals surface area contributed by atoms with Crippen LogP contribution in [0.15, 0.2) is 36.4 Å². The van der Waals surface area contributed by atoms with Crippen LogP contribution in [0.2, 0.25) is 0 Å².